The molecule has 23 heavy (non-hydrogen) atoms. The third-order valence-electron chi connectivity index (χ3n) is 2.98. The first-order chi connectivity index (χ1) is 11.3. The maximum atomic E-state index is 5.77. The van der Waals surface area contributed by atoms with Crippen molar-refractivity contribution in [2.75, 3.05) is 58.2 Å². The minimum absolute atomic E-state index is 0.437. The zero-order valence-electron chi connectivity index (χ0n) is 13.3. The molecule has 0 atom stereocenters. The molecule has 0 bridgehead atoms. The minimum atomic E-state index is 0.437. The number of rotatable bonds is 1. The van der Waals surface area contributed by atoms with Crippen molar-refractivity contribution in [3.05, 3.63) is 18.2 Å². The Morgan fingerprint density at radius 2 is 1.35 bits per heavy atom. The van der Waals surface area contributed by atoms with Gasteiger partial charge >= 0.3 is 0 Å². The standard InChI is InChI=1S/C16H23NO5S/c1-13(23)17-14-2-3-15-16(12-14)22-11-9-20-7-5-18-4-6-19-8-10-21-15/h2-3,12H,4-11H2,1H3,(H,17,23). The van der Waals surface area contributed by atoms with Gasteiger partial charge in [0.25, 0.3) is 0 Å². The number of anilines is 1. The van der Waals surface area contributed by atoms with Crippen LogP contribution >= 0.6 is 12.2 Å². The van der Waals surface area contributed by atoms with E-state index in [-0.39, 0.29) is 0 Å². The summed E-state index contributed by atoms with van der Waals surface area (Å²) in [6, 6.07) is 5.63. The minimum Gasteiger partial charge on any atom is -0.487 e. The van der Waals surface area contributed by atoms with E-state index in [2.05, 4.69) is 5.32 Å². The summed E-state index contributed by atoms with van der Waals surface area (Å²) in [5, 5.41) is 3.09. The van der Waals surface area contributed by atoms with Gasteiger partial charge in [-0.15, -0.1) is 0 Å². The molecule has 0 saturated heterocycles. The van der Waals surface area contributed by atoms with E-state index < -0.39 is 0 Å². The summed E-state index contributed by atoms with van der Waals surface area (Å²) in [6.07, 6.45) is 0. The molecule has 2 rings (SSSR count). The fourth-order valence-corrected chi connectivity index (χ4v) is 2.10. The van der Waals surface area contributed by atoms with Crippen LogP contribution in [0.1, 0.15) is 6.92 Å². The maximum Gasteiger partial charge on any atom is 0.163 e. The van der Waals surface area contributed by atoms with Crippen LogP contribution in [0.4, 0.5) is 5.69 Å². The van der Waals surface area contributed by atoms with E-state index in [9.17, 15) is 0 Å². The predicted molar refractivity (Wildman–Crippen MR) is 91.8 cm³/mol. The second kappa shape index (κ2) is 10.4. The van der Waals surface area contributed by atoms with E-state index in [1.54, 1.807) is 0 Å². The van der Waals surface area contributed by atoms with Crippen LogP contribution in [0.2, 0.25) is 0 Å². The summed E-state index contributed by atoms with van der Waals surface area (Å²) in [4.78, 5) is 0.694. The zero-order chi connectivity index (χ0) is 16.3. The van der Waals surface area contributed by atoms with Crippen molar-refractivity contribution >= 4 is 22.9 Å². The first kappa shape index (κ1) is 17.9. The van der Waals surface area contributed by atoms with Crippen LogP contribution in [0.3, 0.4) is 0 Å². The Balaban J connectivity index is 2.01. The van der Waals surface area contributed by atoms with Gasteiger partial charge in [0.15, 0.2) is 11.5 Å². The molecule has 0 amide bonds. The number of nitrogens with one attached hydrogen (secondary N) is 1. The fraction of sp³-hybridized carbons (Fsp3) is 0.562. The van der Waals surface area contributed by atoms with Gasteiger partial charge in [0.05, 0.1) is 44.6 Å². The van der Waals surface area contributed by atoms with Crippen LogP contribution in [0.5, 0.6) is 11.5 Å². The quantitative estimate of drug-likeness (QED) is 0.786. The Kier molecular flexibility index (Phi) is 8.10. The third kappa shape index (κ3) is 7.13. The summed E-state index contributed by atoms with van der Waals surface area (Å²) in [5.74, 6) is 1.33. The van der Waals surface area contributed by atoms with Crippen molar-refractivity contribution < 1.29 is 23.7 Å². The molecule has 6 nitrogen and oxygen atoms in total. The van der Waals surface area contributed by atoms with Crippen molar-refractivity contribution in [2.45, 2.75) is 6.92 Å². The highest BCUT2D eigenvalue weighted by atomic mass is 32.1. The van der Waals surface area contributed by atoms with Crippen LogP contribution < -0.4 is 14.8 Å². The Labute approximate surface area is 142 Å². The first-order valence-electron chi connectivity index (χ1n) is 7.66. The molecule has 128 valence electrons. The molecule has 0 spiro atoms. The van der Waals surface area contributed by atoms with Gasteiger partial charge < -0.3 is 29.0 Å². The lowest BCUT2D eigenvalue weighted by Crippen LogP contribution is -2.13. The van der Waals surface area contributed by atoms with Crippen molar-refractivity contribution in [3.63, 3.8) is 0 Å². The highest BCUT2D eigenvalue weighted by molar-refractivity contribution is 7.80. The molecular weight excluding hydrogens is 318 g/mol. The number of thiocarbonyl (C=S) groups is 1. The monoisotopic (exact) mass is 341 g/mol. The molecular formula is C16H23NO5S. The van der Waals surface area contributed by atoms with Gasteiger partial charge in [-0.3, -0.25) is 0 Å². The van der Waals surface area contributed by atoms with Gasteiger partial charge in [0.1, 0.15) is 13.2 Å². The van der Waals surface area contributed by atoms with Crippen LogP contribution in [0.25, 0.3) is 0 Å². The average molecular weight is 341 g/mol. The molecule has 0 fully saturated rings. The summed E-state index contributed by atoms with van der Waals surface area (Å²) >= 11 is 5.06. The predicted octanol–water partition coefficient (Wildman–Crippen LogP) is 2.27. The molecule has 1 N–H and O–H groups in total. The summed E-state index contributed by atoms with van der Waals surface area (Å²) in [5.41, 5.74) is 0.864. The number of fused-ring (bicyclic) bond motifs is 1. The van der Waals surface area contributed by atoms with E-state index in [1.807, 2.05) is 25.1 Å². The normalized spacial score (nSPS) is 17.6. The van der Waals surface area contributed by atoms with E-state index in [0.29, 0.717) is 69.3 Å². The van der Waals surface area contributed by atoms with Gasteiger partial charge in [-0.2, -0.15) is 0 Å². The fourth-order valence-electron chi connectivity index (χ4n) is 1.98. The van der Waals surface area contributed by atoms with E-state index in [1.165, 1.54) is 0 Å². The number of hydrogen-bond acceptors (Lipinski definition) is 6. The van der Waals surface area contributed by atoms with E-state index >= 15 is 0 Å². The summed E-state index contributed by atoms with van der Waals surface area (Å²) in [7, 11) is 0. The lowest BCUT2D eigenvalue weighted by molar-refractivity contribution is 0.00708. The van der Waals surface area contributed by atoms with Crippen LogP contribution in [0, 0.1) is 0 Å². The van der Waals surface area contributed by atoms with Crippen molar-refractivity contribution in [1.82, 2.24) is 0 Å². The largest absolute Gasteiger partial charge is 0.487 e. The topological polar surface area (TPSA) is 58.2 Å². The second-order valence-corrected chi connectivity index (χ2v) is 5.49. The first-order valence-corrected chi connectivity index (χ1v) is 8.07. The van der Waals surface area contributed by atoms with Crippen LogP contribution in [-0.2, 0) is 14.2 Å². The molecule has 0 unspecified atom stereocenters. The van der Waals surface area contributed by atoms with Crippen molar-refractivity contribution in [2.24, 2.45) is 0 Å². The maximum absolute atomic E-state index is 5.77. The van der Waals surface area contributed by atoms with Crippen LogP contribution in [-0.4, -0.2) is 57.8 Å². The third-order valence-corrected chi connectivity index (χ3v) is 3.08. The van der Waals surface area contributed by atoms with Crippen molar-refractivity contribution in [1.29, 1.82) is 0 Å². The Hall–Kier alpha value is -1.41. The lowest BCUT2D eigenvalue weighted by atomic mass is 10.2. The lowest BCUT2D eigenvalue weighted by Gasteiger charge is -2.14. The highest BCUT2D eigenvalue weighted by Gasteiger charge is 2.08. The Bertz CT molecular complexity index is 497. The Morgan fingerprint density at radius 1 is 0.826 bits per heavy atom. The van der Waals surface area contributed by atoms with Crippen LogP contribution in [0.15, 0.2) is 18.2 Å². The molecule has 0 aromatic heterocycles. The average Bonchev–Trinajstić information content (AvgIpc) is 2.53. The molecule has 1 aromatic carbocycles. The highest BCUT2D eigenvalue weighted by Crippen LogP contribution is 2.30. The molecule has 0 saturated carbocycles. The SMILES string of the molecule is CC(=S)Nc1ccc2c(c1)OCCOCCOCCOCCO2. The molecule has 0 aliphatic carbocycles. The molecule has 1 aromatic rings. The number of hydrogen-bond donors (Lipinski definition) is 1. The summed E-state index contributed by atoms with van der Waals surface area (Å²) < 4.78 is 27.8. The molecule has 7 heteroatoms. The smallest absolute Gasteiger partial charge is 0.163 e. The Morgan fingerprint density at radius 3 is 1.91 bits per heavy atom. The van der Waals surface area contributed by atoms with Gasteiger partial charge in [0, 0.05) is 11.8 Å². The molecule has 1 aliphatic heterocycles. The number of benzene rings is 1. The van der Waals surface area contributed by atoms with E-state index in [0.717, 1.165) is 5.69 Å². The second-order valence-electron chi connectivity index (χ2n) is 4.88. The number of ether oxygens (including phenoxy) is 5. The van der Waals surface area contributed by atoms with Gasteiger partial charge in [-0.1, -0.05) is 12.2 Å². The zero-order valence-corrected chi connectivity index (χ0v) is 14.2. The van der Waals surface area contributed by atoms with Gasteiger partial charge in [-0.25, -0.2) is 0 Å². The summed E-state index contributed by atoms with van der Waals surface area (Å²) in [6.45, 7) is 5.90. The molecule has 0 radical (unpaired) electrons. The molecule has 1 aliphatic rings. The van der Waals surface area contributed by atoms with Gasteiger partial charge in [0.2, 0.25) is 0 Å². The molecule has 1 heterocycles. The van der Waals surface area contributed by atoms with Crippen molar-refractivity contribution in [3.8, 4) is 11.5 Å². The van der Waals surface area contributed by atoms with E-state index in [4.69, 9.17) is 35.9 Å². The van der Waals surface area contributed by atoms with Gasteiger partial charge in [-0.05, 0) is 19.1 Å².